The van der Waals surface area contributed by atoms with Crippen molar-refractivity contribution < 1.29 is 39.6 Å². The second-order valence-corrected chi connectivity index (χ2v) is 7.88. The third-order valence-electron chi connectivity index (χ3n) is 4.65. The quantitative estimate of drug-likeness (QED) is 0.143. The van der Waals surface area contributed by atoms with Crippen LogP contribution in [0.2, 0.25) is 0 Å². The molecule has 12 nitrogen and oxygen atoms in total. The number of carboxylic acid groups (broad SMARTS) is 1. The monoisotopic (exact) mass is 486 g/mol. The van der Waals surface area contributed by atoms with Gasteiger partial charge in [-0.25, -0.2) is 4.79 Å². The molecule has 1 rings (SSSR count). The predicted octanol–water partition coefficient (Wildman–Crippen LogP) is -2.51. The van der Waals surface area contributed by atoms with E-state index in [1.807, 2.05) is 0 Å². The van der Waals surface area contributed by atoms with Gasteiger partial charge in [0.2, 0.25) is 17.7 Å². The largest absolute Gasteiger partial charge is 0.508 e. The number of rotatable bonds is 12. The number of carbonyl (C=O) groups excluding carboxylic acids is 3. The van der Waals surface area contributed by atoms with Gasteiger partial charge in [-0.05, 0) is 38.0 Å². The van der Waals surface area contributed by atoms with Crippen LogP contribution in [-0.2, 0) is 25.6 Å². The van der Waals surface area contributed by atoms with Crippen LogP contribution in [0.3, 0.4) is 0 Å². The Kier molecular flexibility index (Phi) is 11.1. The molecule has 0 bridgehead atoms. The highest BCUT2D eigenvalue weighted by molar-refractivity contribution is 7.80. The van der Waals surface area contributed by atoms with Crippen LogP contribution >= 0.6 is 12.6 Å². The highest BCUT2D eigenvalue weighted by Crippen LogP contribution is 2.11. The Balaban J connectivity index is 2.81. The van der Waals surface area contributed by atoms with Crippen molar-refractivity contribution in [2.45, 2.75) is 56.6 Å². The van der Waals surface area contributed by atoms with E-state index >= 15 is 0 Å². The standard InChI is InChI=1S/C20H30N4O8S/c1-9(25)15(23-17(28)13(21)7-11-3-5-12(27)6-4-11)19(30)22-14(8-33)18(29)24-16(10(2)26)20(31)32/h3-6,9-10,13-16,25-27,33H,7-8,21H2,1-2H3,(H,22,30)(H,23,28)(H,24,29)(H,31,32). The van der Waals surface area contributed by atoms with E-state index in [0.717, 1.165) is 0 Å². The summed E-state index contributed by atoms with van der Waals surface area (Å²) in [5.41, 5.74) is 6.54. The first-order chi connectivity index (χ1) is 15.4. The lowest BCUT2D eigenvalue weighted by Gasteiger charge is -2.26. The molecule has 1 aromatic rings. The van der Waals surface area contributed by atoms with E-state index in [1.54, 1.807) is 12.1 Å². The number of carbonyl (C=O) groups is 4. The van der Waals surface area contributed by atoms with Crippen LogP contribution in [0.1, 0.15) is 19.4 Å². The van der Waals surface area contributed by atoms with Crippen molar-refractivity contribution in [2.24, 2.45) is 5.73 Å². The Morgan fingerprint density at radius 2 is 1.42 bits per heavy atom. The van der Waals surface area contributed by atoms with E-state index in [2.05, 4.69) is 28.6 Å². The lowest BCUT2D eigenvalue weighted by Crippen LogP contribution is -2.61. The van der Waals surface area contributed by atoms with Gasteiger partial charge in [-0.2, -0.15) is 12.6 Å². The summed E-state index contributed by atoms with van der Waals surface area (Å²) in [6.45, 7) is 2.42. The van der Waals surface area contributed by atoms with Gasteiger partial charge in [-0.15, -0.1) is 0 Å². The number of aliphatic hydroxyl groups is 2. The molecule has 0 spiro atoms. The number of hydrogen-bond acceptors (Lipinski definition) is 9. The Hall–Kier alpha value is -2.87. The minimum absolute atomic E-state index is 0.0496. The Morgan fingerprint density at radius 1 is 0.909 bits per heavy atom. The van der Waals surface area contributed by atoms with Crippen LogP contribution in [0, 0.1) is 0 Å². The number of nitrogens with one attached hydrogen (secondary N) is 3. The zero-order chi connectivity index (χ0) is 25.3. The molecule has 1 aromatic carbocycles. The summed E-state index contributed by atoms with van der Waals surface area (Å²) < 4.78 is 0. The molecule has 0 aliphatic heterocycles. The summed E-state index contributed by atoms with van der Waals surface area (Å²) in [6.07, 6.45) is -2.66. The normalized spacial score (nSPS) is 16.4. The third-order valence-corrected chi connectivity index (χ3v) is 5.02. The van der Waals surface area contributed by atoms with Gasteiger partial charge in [0.1, 0.15) is 17.8 Å². The van der Waals surface area contributed by atoms with Crippen LogP contribution in [0.4, 0.5) is 0 Å². The van der Waals surface area contributed by atoms with Crippen molar-refractivity contribution >= 4 is 36.3 Å². The summed E-state index contributed by atoms with van der Waals surface area (Å²) in [5, 5.41) is 44.6. The number of phenols is 1. The van der Waals surface area contributed by atoms with Gasteiger partial charge < -0.3 is 42.1 Å². The summed E-state index contributed by atoms with van der Waals surface area (Å²) in [7, 11) is 0. The predicted molar refractivity (Wildman–Crippen MR) is 120 cm³/mol. The Morgan fingerprint density at radius 3 is 1.88 bits per heavy atom. The molecule has 0 aromatic heterocycles. The van der Waals surface area contributed by atoms with Gasteiger partial charge in [0, 0.05) is 5.75 Å². The molecule has 0 aliphatic carbocycles. The van der Waals surface area contributed by atoms with E-state index in [4.69, 9.17) is 10.8 Å². The molecule has 13 heteroatoms. The molecule has 0 radical (unpaired) electrons. The van der Waals surface area contributed by atoms with Crippen molar-refractivity contribution in [3.63, 3.8) is 0 Å². The number of aliphatic hydroxyl groups excluding tert-OH is 2. The van der Waals surface area contributed by atoms with E-state index in [1.165, 1.54) is 26.0 Å². The van der Waals surface area contributed by atoms with Crippen LogP contribution in [0.5, 0.6) is 5.75 Å². The maximum Gasteiger partial charge on any atom is 0.328 e. The summed E-state index contributed by atoms with van der Waals surface area (Å²) in [6, 6.07) is 0.555. The maximum absolute atomic E-state index is 12.6. The van der Waals surface area contributed by atoms with Crippen molar-refractivity contribution in [1.29, 1.82) is 0 Å². The number of aromatic hydroxyl groups is 1. The van der Waals surface area contributed by atoms with E-state index < -0.39 is 60.1 Å². The average molecular weight is 487 g/mol. The SMILES string of the molecule is CC(O)C(NC(=O)C(CS)NC(=O)C(NC(=O)C(N)Cc1ccc(O)cc1)C(C)O)C(=O)O. The molecule has 33 heavy (non-hydrogen) atoms. The zero-order valence-corrected chi connectivity index (χ0v) is 19.0. The van der Waals surface area contributed by atoms with Gasteiger partial charge >= 0.3 is 5.97 Å². The maximum atomic E-state index is 12.6. The van der Waals surface area contributed by atoms with E-state index in [0.29, 0.717) is 5.56 Å². The molecule has 0 saturated carbocycles. The molecular weight excluding hydrogens is 456 g/mol. The lowest BCUT2D eigenvalue weighted by atomic mass is 10.0. The fourth-order valence-electron chi connectivity index (χ4n) is 2.74. The zero-order valence-electron chi connectivity index (χ0n) is 18.1. The van der Waals surface area contributed by atoms with Crippen molar-refractivity contribution in [1.82, 2.24) is 16.0 Å². The first-order valence-electron chi connectivity index (χ1n) is 10.0. The smallest absolute Gasteiger partial charge is 0.328 e. The number of benzene rings is 1. The number of thiol groups is 1. The van der Waals surface area contributed by atoms with E-state index in [-0.39, 0.29) is 17.9 Å². The van der Waals surface area contributed by atoms with Gasteiger partial charge in [-0.1, -0.05) is 12.1 Å². The summed E-state index contributed by atoms with van der Waals surface area (Å²) in [5.74, 6) is -4.24. The summed E-state index contributed by atoms with van der Waals surface area (Å²) in [4.78, 5) is 48.6. The second-order valence-electron chi connectivity index (χ2n) is 7.51. The highest BCUT2D eigenvalue weighted by atomic mass is 32.1. The van der Waals surface area contributed by atoms with E-state index in [9.17, 15) is 34.5 Å². The van der Waals surface area contributed by atoms with Crippen molar-refractivity contribution in [3.05, 3.63) is 29.8 Å². The first-order valence-corrected chi connectivity index (χ1v) is 10.6. The fourth-order valence-corrected chi connectivity index (χ4v) is 3.00. The molecule has 0 aliphatic rings. The molecule has 3 amide bonds. The molecular formula is C20H30N4O8S. The lowest BCUT2D eigenvalue weighted by molar-refractivity contribution is -0.145. The topological polar surface area (TPSA) is 211 Å². The molecule has 6 unspecified atom stereocenters. The first kappa shape index (κ1) is 28.2. The molecule has 184 valence electrons. The van der Waals surface area contributed by atoms with Crippen molar-refractivity contribution in [2.75, 3.05) is 5.75 Å². The minimum Gasteiger partial charge on any atom is -0.508 e. The van der Waals surface area contributed by atoms with Crippen LogP contribution in [0.15, 0.2) is 24.3 Å². The average Bonchev–Trinajstić information content (AvgIpc) is 2.74. The summed E-state index contributed by atoms with van der Waals surface area (Å²) >= 11 is 3.97. The molecule has 6 atom stereocenters. The second kappa shape index (κ2) is 13.0. The minimum atomic E-state index is -1.61. The molecule has 0 saturated heterocycles. The van der Waals surface area contributed by atoms with Gasteiger partial charge in [0.25, 0.3) is 0 Å². The number of hydrogen-bond donors (Lipinski definition) is 9. The van der Waals surface area contributed by atoms with Crippen LogP contribution in [0.25, 0.3) is 0 Å². The Labute approximate surface area is 196 Å². The molecule has 0 heterocycles. The van der Waals surface area contributed by atoms with Gasteiger partial charge in [-0.3, -0.25) is 14.4 Å². The van der Waals surface area contributed by atoms with Crippen LogP contribution in [-0.4, -0.2) is 86.2 Å². The Bertz CT molecular complexity index is 834. The molecule has 9 N–H and O–H groups in total. The van der Waals surface area contributed by atoms with Gasteiger partial charge in [0.15, 0.2) is 6.04 Å². The number of carboxylic acids is 1. The number of nitrogens with two attached hydrogens (primary N) is 1. The number of aliphatic carboxylic acids is 1. The van der Waals surface area contributed by atoms with Crippen molar-refractivity contribution in [3.8, 4) is 5.75 Å². The van der Waals surface area contributed by atoms with Gasteiger partial charge in [0.05, 0.1) is 18.2 Å². The fraction of sp³-hybridized carbons (Fsp3) is 0.500. The highest BCUT2D eigenvalue weighted by Gasteiger charge is 2.33. The van der Waals surface area contributed by atoms with Crippen LogP contribution < -0.4 is 21.7 Å². The third kappa shape index (κ3) is 8.88. The number of phenolic OH excluding ortho intramolecular Hbond substituents is 1. The molecule has 0 fully saturated rings. The number of amides is 3.